The van der Waals surface area contributed by atoms with Crippen molar-refractivity contribution in [2.45, 2.75) is 52.1 Å². The van der Waals surface area contributed by atoms with Crippen LogP contribution >= 0.6 is 0 Å². The van der Waals surface area contributed by atoms with E-state index in [0.717, 1.165) is 36.7 Å². The fraction of sp³-hybridized carbons (Fsp3) is 0.500. The highest BCUT2D eigenvalue weighted by molar-refractivity contribution is 5.98. The molecule has 0 spiro atoms. The molecule has 3 atom stereocenters. The molecular formula is C26H31F5N2. The number of likely N-dealkylation sites (tertiary alicyclic amines) is 1. The van der Waals surface area contributed by atoms with Gasteiger partial charge in [0.05, 0.1) is 5.92 Å². The van der Waals surface area contributed by atoms with Gasteiger partial charge in [-0.05, 0) is 37.3 Å². The second-order valence-corrected chi connectivity index (χ2v) is 9.49. The number of aliphatic imine (C=N–C) groups is 1. The Balaban J connectivity index is 0.00000149. The molecule has 3 unspecified atom stereocenters. The number of allylic oxidation sites excluding steroid dienone is 1. The molecule has 1 aliphatic carbocycles. The van der Waals surface area contributed by atoms with E-state index in [-0.39, 0.29) is 23.8 Å². The quantitative estimate of drug-likeness (QED) is 0.319. The molecule has 180 valence electrons. The van der Waals surface area contributed by atoms with Crippen LogP contribution in [0.3, 0.4) is 0 Å². The Labute approximate surface area is 192 Å². The van der Waals surface area contributed by atoms with Crippen LogP contribution in [0, 0.1) is 24.2 Å². The van der Waals surface area contributed by atoms with Crippen molar-refractivity contribution < 1.29 is 22.0 Å². The molecule has 1 saturated heterocycles. The summed E-state index contributed by atoms with van der Waals surface area (Å²) in [6.07, 6.45) is -1.95. The van der Waals surface area contributed by atoms with Crippen LogP contribution in [0.15, 0.2) is 54.7 Å². The summed E-state index contributed by atoms with van der Waals surface area (Å²) in [4.78, 5) is 6.43. The molecule has 1 aromatic rings. The van der Waals surface area contributed by atoms with Gasteiger partial charge in [-0.25, -0.2) is 8.78 Å². The number of benzene rings is 1. The predicted octanol–water partition coefficient (Wildman–Crippen LogP) is 7.21. The molecule has 0 N–H and O–H groups in total. The molecule has 0 radical (unpaired) electrons. The van der Waals surface area contributed by atoms with Gasteiger partial charge in [0.1, 0.15) is 0 Å². The smallest absolute Gasteiger partial charge is 0.370 e. The van der Waals surface area contributed by atoms with E-state index >= 15 is 0 Å². The monoisotopic (exact) mass is 466 g/mol. The predicted molar refractivity (Wildman–Crippen MR) is 123 cm³/mol. The van der Waals surface area contributed by atoms with Crippen molar-refractivity contribution in [2.24, 2.45) is 22.2 Å². The van der Waals surface area contributed by atoms with Crippen LogP contribution in [0.4, 0.5) is 22.0 Å². The summed E-state index contributed by atoms with van der Waals surface area (Å²) >= 11 is 0. The normalized spacial score (nSPS) is 25.0. The Hall–Kier alpha value is -2.44. The van der Waals surface area contributed by atoms with Crippen molar-refractivity contribution >= 4 is 11.4 Å². The van der Waals surface area contributed by atoms with Crippen molar-refractivity contribution in [1.82, 2.24) is 4.90 Å². The standard InChI is InChI=1S/C24H27F5N2.C2H4/c1-14-5-6-17(8-15(2)24(27,28)29)20(7-14)16(3)31-12-19-10-23(19,13-31)21-9-18(11-30-21)22(4,25)26;1-2/h5-7,11,15,19H,3,8-10,12-13H2,1-2,4H3;1-2H2. The number of hydrogen-bond donors (Lipinski definition) is 0. The molecule has 2 aliphatic heterocycles. The van der Waals surface area contributed by atoms with E-state index in [4.69, 9.17) is 0 Å². The van der Waals surface area contributed by atoms with Gasteiger partial charge in [0.25, 0.3) is 5.92 Å². The van der Waals surface area contributed by atoms with Gasteiger partial charge < -0.3 is 4.90 Å². The van der Waals surface area contributed by atoms with Crippen LogP contribution in [0.5, 0.6) is 0 Å². The minimum Gasteiger partial charge on any atom is -0.370 e. The van der Waals surface area contributed by atoms with Crippen molar-refractivity contribution in [1.29, 1.82) is 0 Å². The van der Waals surface area contributed by atoms with Gasteiger partial charge in [0.15, 0.2) is 0 Å². The zero-order valence-corrected chi connectivity index (χ0v) is 19.4. The molecule has 4 rings (SSSR count). The number of fused-ring (bicyclic) bond motifs is 1. The van der Waals surface area contributed by atoms with Gasteiger partial charge in [0, 0.05) is 60.6 Å². The van der Waals surface area contributed by atoms with Crippen LogP contribution in [-0.2, 0) is 6.42 Å². The molecule has 0 bridgehead atoms. The van der Waals surface area contributed by atoms with Crippen molar-refractivity contribution in [3.8, 4) is 0 Å². The molecule has 1 saturated carbocycles. The summed E-state index contributed by atoms with van der Waals surface area (Å²) in [6, 6.07) is 5.47. The molecule has 2 heterocycles. The summed E-state index contributed by atoms with van der Waals surface area (Å²) in [5.41, 5.74) is 3.66. The van der Waals surface area contributed by atoms with Crippen LogP contribution in [0.1, 0.15) is 43.4 Å². The number of nitrogens with zero attached hydrogens (tertiary/aromatic N) is 2. The van der Waals surface area contributed by atoms with Gasteiger partial charge in [-0.1, -0.05) is 31.2 Å². The third-order valence-corrected chi connectivity index (χ3v) is 7.06. The molecule has 2 nitrogen and oxygen atoms in total. The van der Waals surface area contributed by atoms with Gasteiger partial charge in [-0.2, -0.15) is 13.2 Å². The van der Waals surface area contributed by atoms with Crippen molar-refractivity contribution in [3.63, 3.8) is 0 Å². The topological polar surface area (TPSA) is 15.6 Å². The number of halogens is 5. The van der Waals surface area contributed by atoms with Crippen molar-refractivity contribution in [3.05, 3.63) is 66.4 Å². The molecular weight excluding hydrogens is 435 g/mol. The zero-order valence-electron chi connectivity index (χ0n) is 19.4. The molecule has 1 aromatic carbocycles. The van der Waals surface area contributed by atoms with E-state index in [1.54, 1.807) is 6.07 Å². The lowest BCUT2D eigenvalue weighted by Crippen LogP contribution is -2.28. The summed E-state index contributed by atoms with van der Waals surface area (Å²) < 4.78 is 66.8. The van der Waals surface area contributed by atoms with E-state index in [1.165, 1.54) is 13.1 Å². The minimum absolute atomic E-state index is 0.0434. The van der Waals surface area contributed by atoms with E-state index < -0.39 is 18.0 Å². The molecule has 0 aromatic heterocycles. The Morgan fingerprint density at radius 3 is 2.48 bits per heavy atom. The lowest BCUT2D eigenvalue weighted by Gasteiger charge is -2.28. The summed E-state index contributed by atoms with van der Waals surface area (Å²) in [6.45, 7) is 15.5. The number of hydrogen-bond acceptors (Lipinski definition) is 2. The van der Waals surface area contributed by atoms with E-state index in [0.29, 0.717) is 23.7 Å². The fourth-order valence-corrected chi connectivity index (χ4v) is 4.89. The number of alkyl halides is 5. The number of aryl methyl sites for hydroxylation is 1. The van der Waals surface area contributed by atoms with Crippen molar-refractivity contribution in [2.75, 3.05) is 13.1 Å². The minimum atomic E-state index is -4.25. The zero-order chi connectivity index (χ0) is 24.8. The van der Waals surface area contributed by atoms with E-state index in [2.05, 4.69) is 29.6 Å². The second kappa shape index (κ2) is 8.73. The third-order valence-electron chi connectivity index (χ3n) is 7.06. The summed E-state index contributed by atoms with van der Waals surface area (Å²) in [5, 5.41) is 0. The van der Waals surface area contributed by atoms with Crippen LogP contribution in [-0.4, -0.2) is 35.8 Å². The Kier molecular flexibility index (Phi) is 6.66. The fourth-order valence-electron chi connectivity index (χ4n) is 4.89. The number of rotatable bonds is 6. The summed E-state index contributed by atoms with van der Waals surface area (Å²) in [5.74, 6) is -4.00. The first-order valence-electron chi connectivity index (χ1n) is 11.1. The maximum Gasteiger partial charge on any atom is 0.391 e. The second-order valence-electron chi connectivity index (χ2n) is 9.49. The lowest BCUT2D eigenvalue weighted by molar-refractivity contribution is -0.169. The average Bonchev–Trinajstić information content (AvgIpc) is 3.10. The van der Waals surface area contributed by atoms with Crippen LogP contribution < -0.4 is 0 Å². The Morgan fingerprint density at radius 1 is 1.24 bits per heavy atom. The Morgan fingerprint density at radius 2 is 1.91 bits per heavy atom. The first kappa shape index (κ1) is 25.2. The SMILES string of the molecule is C=C.C=C(c1cc(C)ccc1CC(C)C(F)(F)F)N1CC2CC2(C2=NC=C(C(C)(F)F)C2)C1. The average molecular weight is 467 g/mol. The molecule has 33 heavy (non-hydrogen) atoms. The largest absolute Gasteiger partial charge is 0.391 e. The van der Waals surface area contributed by atoms with E-state index in [1.807, 2.05) is 19.1 Å². The van der Waals surface area contributed by atoms with E-state index in [9.17, 15) is 22.0 Å². The molecule has 2 fully saturated rings. The molecule has 0 amide bonds. The highest BCUT2D eigenvalue weighted by atomic mass is 19.4. The van der Waals surface area contributed by atoms with Gasteiger partial charge >= 0.3 is 6.18 Å². The third kappa shape index (κ3) is 4.92. The van der Waals surface area contributed by atoms with Crippen LogP contribution in [0.2, 0.25) is 0 Å². The van der Waals surface area contributed by atoms with Gasteiger partial charge in [-0.15, -0.1) is 13.2 Å². The maximum atomic E-state index is 13.7. The van der Waals surface area contributed by atoms with Crippen LogP contribution in [0.25, 0.3) is 5.70 Å². The Bertz CT molecular complexity index is 985. The lowest BCUT2D eigenvalue weighted by atomic mass is 9.92. The highest BCUT2D eigenvalue weighted by Gasteiger charge is 2.63. The van der Waals surface area contributed by atoms with Gasteiger partial charge in [0.2, 0.25) is 0 Å². The first-order valence-corrected chi connectivity index (χ1v) is 11.1. The maximum absolute atomic E-state index is 13.7. The van der Waals surface area contributed by atoms with Gasteiger partial charge in [-0.3, -0.25) is 4.99 Å². The first-order chi connectivity index (χ1) is 15.3. The molecule has 3 aliphatic rings. The number of piperidine rings is 1. The highest BCUT2D eigenvalue weighted by Crippen LogP contribution is 2.61. The molecule has 7 heteroatoms. The summed E-state index contributed by atoms with van der Waals surface area (Å²) in [7, 11) is 0.